The average molecular weight is 685 g/mol. The number of benzene rings is 3. The standard InChI is InChI=1S/C36H37F5N4O2S/c1-3-43(4-2)18-19-44(21-24-8-11-26(12-9-24)27-13-15-28(16-14-27)36(39,40)41)33(46)22-45-32-7-5-6-29(32)34(47)42-35(45)48-23-25-10-17-30(37)31(38)20-25/h8-17,20H,3-7,18-19,21-23H2,1-2H3. The van der Waals surface area contributed by atoms with E-state index in [2.05, 4.69) is 23.7 Å². The maximum Gasteiger partial charge on any atom is 0.416 e. The number of carbonyl (C=O) groups is 1. The highest BCUT2D eigenvalue weighted by Gasteiger charge is 2.30. The molecule has 6 nitrogen and oxygen atoms in total. The van der Waals surface area contributed by atoms with Gasteiger partial charge in [-0.15, -0.1) is 0 Å². The summed E-state index contributed by atoms with van der Waals surface area (Å²) in [5.74, 6) is -1.84. The van der Waals surface area contributed by atoms with E-state index in [1.807, 2.05) is 24.3 Å². The van der Waals surface area contributed by atoms with Crippen molar-refractivity contribution in [2.45, 2.75) is 63.3 Å². The zero-order valence-corrected chi connectivity index (χ0v) is 27.6. The Bertz CT molecular complexity index is 1790. The molecule has 48 heavy (non-hydrogen) atoms. The molecule has 0 aliphatic heterocycles. The molecule has 12 heteroatoms. The molecule has 1 heterocycles. The molecular formula is C36H37F5N4O2S. The van der Waals surface area contributed by atoms with Crippen LogP contribution in [0.3, 0.4) is 0 Å². The summed E-state index contributed by atoms with van der Waals surface area (Å²) >= 11 is 1.20. The van der Waals surface area contributed by atoms with E-state index in [9.17, 15) is 31.5 Å². The van der Waals surface area contributed by atoms with E-state index in [1.54, 1.807) is 9.47 Å². The maximum absolute atomic E-state index is 14.1. The van der Waals surface area contributed by atoms with Crippen LogP contribution in [-0.4, -0.2) is 51.4 Å². The monoisotopic (exact) mass is 684 g/mol. The van der Waals surface area contributed by atoms with Crippen molar-refractivity contribution in [2.24, 2.45) is 0 Å². The van der Waals surface area contributed by atoms with Crippen LogP contribution in [0, 0.1) is 11.6 Å². The van der Waals surface area contributed by atoms with Gasteiger partial charge in [0.1, 0.15) is 6.54 Å². The van der Waals surface area contributed by atoms with Crippen molar-refractivity contribution in [3.63, 3.8) is 0 Å². The number of carbonyl (C=O) groups excluding carboxylic acids is 1. The number of hydrogen-bond acceptors (Lipinski definition) is 5. The summed E-state index contributed by atoms with van der Waals surface area (Å²) in [4.78, 5) is 35.3. The van der Waals surface area contributed by atoms with E-state index in [0.29, 0.717) is 54.3 Å². The van der Waals surface area contributed by atoms with Crippen LogP contribution >= 0.6 is 11.8 Å². The number of thioether (sulfide) groups is 1. The summed E-state index contributed by atoms with van der Waals surface area (Å²) < 4.78 is 68.2. The first-order valence-electron chi connectivity index (χ1n) is 15.9. The van der Waals surface area contributed by atoms with Crippen molar-refractivity contribution in [1.29, 1.82) is 0 Å². The van der Waals surface area contributed by atoms with Crippen LogP contribution in [0.4, 0.5) is 22.0 Å². The van der Waals surface area contributed by atoms with Crippen LogP contribution in [0.15, 0.2) is 76.7 Å². The Morgan fingerprint density at radius 2 is 1.52 bits per heavy atom. The molecule has 1 amide bonds. The van der Waals surface area contributed by atoms with E-state index < -0.39 is 23.4 Å². The molecule has 0 atom stereocenters. The third kappa shape index (κ3) is 8.51. The molecule has 0 bridgehead atoms. The molecule has 5 rings (SSSR count). The van der Waals surface area contributed by atoms with E-state index in [4.69, 9.17) is 0 Å². The lowest BCUT2D eigenvalue weighted by Crippen LogP contribution is -2.40. The fourth-order valence-electron chi connectivity index (χ4n) is 5.84. The second-order valence-corrected chi connectivity index (χ2v) is 12.7. The molecule has 0 unspecified atom stereocenters. The van der Waals surface area contributed by atoms with Gasteiger partial charge in [0.15, 0.2) is 16.8 Å². The van der Waals surface area contributed by atoms with E-state index in [-0.39, 0.29) is 23.8 Å². The molecule has 0 saturated carbocycles. The van der Waals surface area contributed by atoms with Crippen LogP contribution in [-0.2, 0) is 42.7 Å². The predicted molar refractivity (Wildman–Crippen MR) is 177 cm³/mol. The number of hydrogen-bond donors (Lipinski definition) is 0. The zero-order valence-electron chi connectivity index (χ0n) is 26.8. The van der Waals surface area contributed by atoms with Gasteiger partial charge in [-0.05, 0) is 78.9 Å². The fourth-order valence-corrected chi connectivity index (χ4v) is 6.79. The van der Waals surface area contributed by atoms with Gasteiger partial charge in [0, 0.05) is 36.6 Å². The molecule has 0 fully saturated rings. The highest BCUT2D eigenvalue weighted by atomic mass is 32.2. The van der Waals surface area contributed by atoms with Crippen molar-refractivity contribution in [3.8, 4) is 11.1 Å². The van der Waals surface area contributed by atoms with Crippen molar-refractivity contribution in [1.82, 2.24) is 19.4 Å². The van der Waals surface area contributed by atoms with Crippen LogP contribution in [0.1, 0.15) is 48.2 Å². The van der Waals surface area contributed by atoms with E-state index >= 15 is 0 Å². The van der Waals surface area contributed by atoms with Gasteiger partial charge >= 0.3 is 6.18 Å². The Hall–Kier alpha value is -4.03. The molecule has 0 N–H and O–H groups in total. The number of alkyl halides is 3. The smallest absolute Gasteiger partial charge is 0.336 e. The quantitative estimate of drug-likeness (QED) is 0.0838. The SMILES string of the molecule is CCN(CC)CCN(Cc1ccc(-c2ccc(C(F)(F)F)cc2)cc1)C(=O)Cn1c(SCc2ccc(F)c(F)c2)nc(=O)c2c1CCC2. The minimum atomic E-state index is -4.41. The number of aromatic nitrogens is 2. The minimum Gasteiger partial charge on any atom is -0.336 e. The molecule has 1 aliphatic carbocycles. The first-order valence-corrected chi connectivity index (χ1v) is 16.9. The number of halogens is 5. The summed E-state index contributed by atoms with van der Waals surface area (Å²) in [5, 5.41) is 0.350. The predicted octanol–water partition coefficient (Wildman–Crippen LogP) is 7.36. The van der Waals surface area contributed by atoms with Gasteiger partial charge in [0.2, 0.25) is 5.91 Å². The van der Waals surface area contributed by atoms with Crippen LogP contribution in [0.5, 0.6) is 0 Å². The molecule has 1 aromatic heterocycles. The van der Waals surface area contributed by atoms with Gasteiger partial charge in [-0.3, -0.25) is 9.59 Å². The Morgan fingerprint density at radius 1 is 0.875 bits per heavy atom. The summed E-state index contributed by atoms with van der Waals surface area (Å²) in [5.41, 5.74) is 3.13. The number of fused-ring (bicyclic) bond motifs is 1. The van der Waals surface area contributed by atoms with Crippen molar-refractivity contribution < 1.29 is 26.7 Å². The molecule has 4 aromatic rings. The Morgan fingerprint density at radius 3 is 2.15 bits per heavy atom. The normalized spacial score (nSPS) is 12.8. The third-order valence-electron chi connectivity index (χ3n) is 8.65. The van der Waals surface area contributed by atoms with E-state index in [0.717, 1.165) is 60.6 Å². The van der Waals surface area contributed by atoms with Gasteiger partial charge in [-0.1, -0.05) is 68.1 Å². The molecular weight excluding hydrogens is 647 g/mol. The van der Waals surface area contributed by atoms with Gasteiger partial charge in [0.05, 0.1) is 5.56 Å². The first kappa shape index (κ1) is 35.3. The summed E-state index contributed by atoms with van der Waals surface area (Å²) in [6, 6.07) is 16.0. The molecule has 254 valence electrons. The van der Waals surface area contributed by atoms with Crippen molar-refractivity contribution in [2.75, 3.05) is 26.2 Å². The summed E-state index contributed by atoms with van der Waals surface area (Å²) in [6.45, 7) is 7.13. The topological polar surface area (TPSA) is 58.4 Å². The van der Waals surface area contributed by atoms with E-state index in [1.165, 1.54) is 30.0 Å². The number of rotatable bonds is 13. The molecule has 3 aromatic carbocycles. The van der Waals surface area contributed by atoms with Crippen LogP contribution < -0.4 is 5.56 Å². The molecule has 0 saturated heterocycles. The van der Waals surface area contributed by atoms with Gasteiger partial charge in [-0.2, -0.15) is 18.2 Å². The molecule has 0 radical (unpaired) electrons. The maximum atomic E-state index is 14.1. The van der Waals surface area contributed by atoms with Gasteiger partial charge in [-0.25, -0.2) is 8.78 Å². The average Bonchev–Trinajstić information content (AvgIpc) is 3.57. The summed E-state index contributed by atoms with van der Waals surface area (Å²) in [7, 11) is 0. The highest BCUT2D eigenvalue weighted by Crippen LogP contribution is 2.31. The van der Waals surface area contributed by atoms with Crippen molar-refractivity contribution >= 4 is 17.7 Å². The lowest BCUT2D eigenvalue weighted by Gasteiger charge is -2.28. The van der Waals surface area contributed by atoms with Gasteiger partial charge < -0.3 is 14.4 Å². The Kier molecular flexibility index (Phi) is 11.4. The third-order valence-corrected chi connectivity index (χ3v) is 9.70. The first-order chi connectivity index (χ1) is 23.0. The second kappa shape index (κ2) is 15.5. The molecule has 0 spiro atoms. The van der Waals surface area contributed by atoms with Crippen molar-refractivity contribution in [3.05, 3.63) is 117 Å². The van der Waals surface area contributed by atoms with Crippen LogP contribution in [0.25, 0.3) is 11.1 Å². The lowest BCUT2D eigenvalue weighted by atomic mass is 10.0. The molecule has 1 aliphatic rings. The number of nitrogens with zero attached hydrogens (tertiary/aromatic N) is 4. The van der Waals surface area contributed by atoms with Crippen LogP contribution in [0.2, 0.25) is 0 Å². The number of amides is 1. The lowest BCUT2D eigenvalue weighted by molar-refractivity contribution is -0.137. The largest absolute Gasteiger partial charge is 0.416 e. The Balaban J connectivity index is 1.38. The summed E-state index contributed by atoms with van der Waals surface area (Å²) in [6.07, 6.45) is -2.42. The zero-order chi connectivity index (χ0) is 34.4. The minimum absolute atomic E-state index is 0.0440. The highest BCUT2D eigenvalue weighted by molar-refractivity contribution is 7.98. The number of likely N-dealkylation sites (N-methyl/N-ethyl adjacent to an activating group) is 1. The fraction of sp³-hybridized carbons (Fsp3) is 0.361. The van der Waals surface area contributed by atoms with Gasteiger partial charge in [0.25, 0.3) is 5.56 Å². The Labute approximate surface area is 280 Å². The second-order valence-electron chi connectivity index (χ2n) is 11.7.